The number of methoxy groups -OCH3 is 2. The van der Waals surface area contributed by atoms with Crippen LogP contribution >= 0.6 is 23.2 Å². The minimum absolute atomic E-state index is 0.178. The fraction of sp³-hybridized carbons (Fsp3) is 0.393. The zero-order chi connectivity index (χ0) is 31.4. The number of ether oxygens (including phenoxy) is 3. The van der Waals surface area contributed by atoms with E-state index in [1.165, 1.54) is 32.8 Å². The number of hydrogen-bond donors (Lipinski definition) is 5. The van der Waals surface area contributed by atoms with Crippen molar-refractivity contribution in [1.82, 2.24) is 20.0 Å². The Kier molecular flexibility index (Phi) is 10.0. The molecule has 4 rings (SSSR count). The molecule has 15 heteroatoms. The number of anilines is 2. The quantitative estimate of drug-likeness (QED) is 0.143. The molecule has 234 valence electrons. The molecule has 1 fully saturated rings. The molecule has 1 aliphatic rings. The molecule has 43 heavy (non-hydrogen) atoms. The zero-order valence-corrected chi connectivity index (χ0v) is 26.7. The van der Waals surface area contributed by atoms with Gasteiger partial charge in [-0.05, 0) is 24.6 Å². The van der Waals surface area contributed by atoms with Crippen LogP contribution in [0.1, 0.15) is 6.42 Å². The average molecular weight is 656 g/mol. The monoisotopic (exact) mass is 654 g/mol. The molecule has 0 unspecified atom stereocenters. The van der Waals surface area contributed by atoms with Crippen LogP contribution in [0, 0.1) is 0 Å². The van der Waals surface area contributed by atoms with E-state index >= 15 is 0 Å². The van der Waals surface area contributed by atoms with Gasteiger partial charge in [0.25, 0.3) is 0 Å². The van der Waals surface area contributed by atoms with Crippen molar-refractivity contribution in [2.45, 2.75) is 18.5 Å². The normalized spacial score (nSPS) is 17.9. The van der Waals surface area contributed by atoms with Gasteiger partial charge in [-0.2, -0.15) is 4.21 Å². The lowest BCUT2D eigenvalue weighted by Gasteiger charge is -2.34. The molecule has 5 N–H and O–H groups in total. The number of nitrogens with zero attached hydrogens (tertiary/aromatic N) is 2. The number of carbonyl (C=O) groups excluding carboxylic acids is 1. The van der Waals surface area contributed by atoms with Crippen LogP contribution in [0.4, 0.5) is 11.6 Å². The molecular formula is C28H36Cl2N6O6S. The summed E-state index contributed by atoms with van der Waals surface area (Å²) < 4.78 is 41.5. The molecule has 1 aromatic carbocycles. The van der Waals surface area contributed by atoms with Gasteiger partial charge in [0, 0.05) is 60.8 Å². The van der Waals surface area contributed by atoms with Crippen LogP contribution in [0.3, 0.4) is 0 Å². The Balaban J connectivity index is 1.75. The number of carbonyl (C=O) groups is 1. The largest absolute Gasteiger partial charge is 0.495 e. The van der Waals surface area contributed by atoms with Crippen LogP contribution in [-0.2, 0) is 19.1 Å². The molecular weight excluding hydrogens is 619 g/mol. The maximum absolute atomic E-state index is 12.3. The molecule has 3 heterocycles. The van der Waals surface area contributed by atoms with E-state index in [4.69, 9.17) is 42.4 Å². The second-order valence-electron chi connectivity index (χ2n) is 10.4. The first-order chi connectivity index (χ1) is 20.3. The Morgan fingerprint density at radius 3 is 2.49 bits per heavy atom. The summed E-state index contributed by atoms with van der Waals surface area (Å²) in [5.41, 5.74) is 0.839. The molecule has 0 radical (unpaired) electrons. The molecule has 1 aliphatic heterocycles. The fourth-order valence-electron chi connectivity index (χ4n) is 4.61. The molecule has 2 aromatic heterocycles. The Bertz CT molecular complexity index is 1560. The molecule has 0 bridgehead atoms. The van der Waals surface area contributed by atoms with E-state index in [1.54, 1.807) is 18.3 Å². The van der Waals surface area contributed by atoms with Gasteiger partial charge in [0.05, 0.1) is 48.6 Å². The van der Waals surface area contributed by atoms with Crippen LogP contribution in [0.2, 0.25) is 10.0 Å². The van der Waals surface area contributed by atoms with Gasteiger partial charge in [-0.3, -0.25) is 9.35 Å². The molecule has 1 saturated heterocycles. The predicted molar refractivity (Wildman–Crippen MR) is 172 cm³/mol. The van der Waals surface area contributed by atoms with Crippen molar-refractivity contribution in [2.24, 2.45) is 0 Å². The van der Waals surface area contributed by atoms with Crippen LogP contribution in [0.25, 0.3) is 22.0 Å². The number of hydrogen-bond acceptors (Lipinski definition) is 9. The first kappa shape index (κ1) is 32.7. The second-order valence-corrected chi connectivity index (χ2v) is 15.0. The van der Waals surface area contributed by atoms with Crippen molar-refractivity contribution < 1.29 is 27.8 Å². The summed E-state index contributed by atoms with van der Waals surface area (Å²) in [6.07, 6.45) is 6.04. The lowest BCUT2D eigenvalue weighted by atomic mass is 10.0. The highest BCUT2D eigenvalue weighted by atomic mass is 35.5. The summed E-state index contributed by atoms with van der Waals surface area (Å²) in [6, 6.07) is 4.81. The number of fused-ring (bicyclic) bond motifs is 1. The summed E-state index contributed by atoms with van der Waals surface area (Å²) in [7, 11) is -0.934. The molecule has 12 nitrogen and oxygen atoms in total. The van der Waals surface area contributed by atoms with Crippen molar-refractivity contribution in [3.8, 4) is 22.8 Å². The van der Waals surface area contributed by atoms with Crippen molar-refractivity contribution in [3.63, 3.8) is 0 Å². The van der Waals surface area contributed by atoms with Gasteiger partial charge in [0.15, 0.2) is 0 Å². The molecule has 0 aliphatic carbocycles. The Labute approximate surface area is 260 Å². The summed E-state index contributed by atoms with van der Waals surface area (Å²) >= 11 is 13.4. The van der Waals surface area contributed by atoms with Crippen molar-refractivity contribution in [2.75, 3.05) is 63.7 Å². The summed E-state index contributed by atoms with van der Waals surface area (Å²) in [4.78, 5) is 21.4. The summed E-state index contributed by atoms with van der Waals surface area (Å²) in [5.74, 6) is 1.45. The molecule has 2 atom stereocenters. The van der Waals surface area contributed by atoms with Gasteiger partial charge in [-0.1, -0.05) is 29.8 Å². The van der Waals surface area contributed by atoms with Gasteiger partial charge in [0.2, 0.25) is 5.91 Å². The van der Waals surface area contributed by atoms with Gasteiger partial charge in [0.1, 0.15) is 23.1 Å². The molecule has 0 spiro atoms. The lowest BCUT2D eigenvalue weighted by molar-refractivity contribution is -0.117. The number of nitrogens with one attached hydrogen (secondary N) is 4. The predicted octanol–water partition coefficient (Wildman–Crippen LogP) is 3.96. The van der Waals surface area contributed by atoms with Crippen molar-refractivity contribution >= 4 is 61.0 Å². The van der Waals surface area contributed by atoms with Crippen LogP contribution in [-0.4, -0.2) is 89.8 Å². The molecule has 3 aromatic rings. The summed E-state index contributed by atoms with van der Waals surface area (Å²) in [5, 5.41) is 11.5. The number of aromatic nitrogens is 2. The number of pyridine rings is 2. The number of benzene rings is 1. The van der Waals surface area contributed by atoms with Crippen molar-refractivity contribution in [1.29, 1.82) is 0 Å². The van der Waals surface area contributed by atoms with E-state index in [2.05, 4.69) is 32.2 Å². The van der Waals surface area contributed by atoms with Crippen LogP contribution in [0.5, 0.6) is 11.5 Å². The third-order valence-electron chi connectivity index (χ3n) is 6.68. The van der Waals surface area contributed by atoms with Gasteiger partial charge < -0.3 is 30.2 Å². The minimum atomic E-state index is -3.91. The zero-order valence-electron chi connectivity index (χ0n) is 24.3. The second kappa shape index (κ2) is 13.2. The standard InChI is InChI=1S/C28H36Cl2N6O6S/c1-6-24(37)35-18-7-10-42-15-20(18)34-23-12-17-16(14-32-23)11-19(36-28(17)31-8-9-33-43(4,5,38)39)25-26(29)21(40-2)13-22(41-3)27(25)30/h6,11-14,18,20H,1,7-10,15H2,2-5H3,(H,31,36)(H,32,34)(H,35,37)(H2,33,38,39)/t18-,20+/m0/s1. The van der Waals surface area contributed by atoms with E-state index in [-0.39, 0.29) is 41.1 Å². The van der Waals surface area contributed by atoms with Gasteiger partial charge >= 0.3 is 0 Å². The Hall–Kier alpha value is -3.20. The third-order valence-corrected chi connectivity index (χ3v) is 8.46. The van der Waals surface area contributed by atoms with E-state index in [0.717, 1.165) is 0 Å². The van der Waals surface area contributed by atoms with Gasteiger partial charge in [-0.15, -0.1) is 9.53 Å². The first-order valence-corrected chi connectivity index (χ1v) is 16.8. The van der Waals surface area contributed by atoms with Crippen LogP contribution < -0.4 is 30.1 Å². The topological polar surface area (TPSA) is 156 Å². The molecule has 0 saturated carbocycles. The SMILES string of the molecule is C=CC(=O)N[C@H]1CCOC[C@H]1Nc1cc2c(NCCNS(C)(C)(=O)O)nc(-c3c(Cl)c(OC)cc(OC)c3Cl)cc2cn1. The lowest BCUT2D eigenvalue weighted by Crippen LogP contribution is -2.52. The highest BCUT2D eigenvalue weighted by molar-refractivity contribution is 8.12. The van der Waals surface area contributed by atoms with Gasteiger partial charge in [-0.25, -0.2) is 14.7 Å². The number of rotatable bonds is 12. The highest BCUT2D eigenvalue weighted by Gasteiger charge is 2.27. The van der Waals surface area contributed by atoms with E-state index in [1.807, 2.05) is 6.07 Å². The van der Waals surface area contributed by atoms with E-state index < -0.39 is 9.53 Å². The number of halogens is 2. The summed E-state index contributed by atoms with van der Waals surface area (Å²) in [6.45, 7) is 4.88. The maximum atomic E-state index is 12.3. The van der Waals surface area contributed by atoms with Crippen molar-refractivity contribution in [3.05, 3.63) is 47.1 Å². The highest BCUT2D eigenvalue weighted by Crippen LogP contribution is 2.46. The van der Waals surface area contributed by atoms with E-state index in [9.17, 15) is 13.6 Å². The maximum Gasteiger partial charge on any atom is 0.243 e. The van der Waals surface area contributed by atoms with Crippen LogP contribution in [0.15, 0.2) is 37.1 Å². The third kappa shape index (κ3) is 8.25. The fourth-order valence-corrected chi connectivity index (χ4v) is 5.99. The Morgan fingerprint density at radius 1 is 1.16 bits per heavy atom. The number of amides is 1. The first-order valence-electron chi connectivity index (χ1n) is 13.3. The average Bonchev–Trinajstić information content (AvgIpc) is 2.95. The molecule has 1 amide bonds. The Morgan fingerprint density at radius 2 is 1.86 bits per heavy atom. The minimum Gasteiger partial charge on any atom is -0.495 e. The smallest absolute Gasteiger partial charge is 0.243 e. The van der Waals surface area contributed by atoms with E-state index in [0.29, 0.717) is 64.8 Å².